The quantitative estimate of drug-likeness (QED) is 0.585. The van der Waals surface area contributed by atoms with Crippen LogP contribution in [0.25, 0.3) is 6.08 Å². The third-order valence-corrected chi connectivity index (χ3v) is 2.46. The molecule has 0 saturated carbocycles. The summed E-state index contributed by atoms with van der Waals surface area (Å²) in [4.78, 5) is 0. The van der Waals surface area contributed by atoms with E-state index in [1.807, 2.05) is 22.6 Å². The highest BCUT2D eigenvalue weighted by molar-refractivity contribution is 14.1. The van der Waals surface area contributed by atoms with Crippen LogP contribution in [-0.2, 0) is 0 Å². The van der Waals surface area contributed by atoms with Crippen LogP contribution in [0.4, 0.5) is 8.78 Å². The van der Waals surface area contributed by atoms with Crippen molar-refractivity contribution in [1.82, 2.24) is 0 Å². The summed E-state index contributed by atoms with van der Waals surface area (Å²) >= 11 is 1.97. The molecule has 6 heteroatoms. The van der Waals surface area contributed by atoms with Crippen LogP contribution < -0.4 is 9.47 Å². The predicted octanol–water partition coefficient (Wildman–Crippen LogP) is 3.15. The van der Waals surface area contributed by atoms with Gasteiger partial charge in [0.2, 0.25) is 0 Å². The Morgan fingerprint density at radius 2 is 2.12 bits per heavy atom. The topological polar surface area (TPSA) is 42.2 Å². The van der Waals surface area contributed by atoms with Crippen molar-refractivity contribution in [1.29, 1.82) is 5.26 Å². The smallest absolute Gasteiger partial charge is 0.395 e. The molecule has 0 aliphatic carbocycles. The van der Waals surface area contributed by atoms with Gasteiger partial charge in [0.1, 0.15) is 0 Å². The normalized spacial score (nSPS) is 16.4. The lowest BCUT2D eigenvalue weighted by atomic mass is 10.2. The Bertz CT molecular complexity index is 508. The number of nitriles is 1. The first-order chi connectivity index (χ1) is 7.52. The van der Waals surface area contributed by atoms with Crippen LogP contribution in [0, 0.1) is 14.9 Å². The van der Waals surface area contributed by atoms with Crippen LogP contribution in [0.5, 0.6) is 11.5 Å². The molecule has 1 heterocycles. The SMILES string of the molecule is N#CC=Cc1cc(I)cc2c1OC(F)(F)O2. The summed E-state index contributed by atoms with van der Waals surface area (Å²) in [5.74, 6) is -0.0635. The summed E-state index contributed by atoms with van der Waals surface area (Å²) in [6.07, 6.45) is -1.06. The predicted molar refractivity (Wildman–Crippen MR) is 60.0 cm³/mol. The Kier molecular flexibility index (Phi) is 2.71. The van der Waals surface area contributed by atoms with E-state index in [0.717, 1.165) is 3.57 Å². The molecule has 1 aromatic carbocycles. The second-order valence-electron chi connectivity index (χ2n) is 2.95. The highest BCUT2D eigenvalue weighted by atomic mass is 127. The molecule has 0 fully saturated rings. The van der Waals surface area contributed by atoms with Gasteiger partial charge in [-0.05, 0) is 40.8 Å². The molecule has 3 nitrogen and oxygen atoms in total. The molecule has 0 aromatic heterocycles. The molecule has 0 atom stereocenters. The summed E-state index contributed by atoms with van der Waals surface area (Å²) in [5.41, 5.74) is 0.389. The molecule has 82 valence electrons. The van der Waals surface area contributed by atoms with E-state index in [1.54, 1.807) is 12.1 Å². The van der Waals surface area contributed by atoms with Crippen LogP contribution in [0.2, 0.25) is 0 Å². The average Bonchev–Trinajstić information content (AvgIpc) is 2.48. The first kappa shape index (κ1) is 11.1. The molecular weight excluding hydrogens is 331 g/mol. The number of halogens is 3. The highest BCUT2D eigenvalue weighted by Crippen LogP contribution is 2.44. The minimum atomic E-state index is -3.64. The summed E-state index contributed by atoms with van der Waals surface area (Å²) < 4.78 is 35.1. The van der Waals surface area contributed by atoms with E-state index in [0.29, 0.717) is 5.56 Å². The van der Waals surface area contributed by atoms with Crippen molar-refractivity contribution in [3.8, 4) is 17.6 Å². The minimum Gasteiger partial charge on any atom is -0.395 e. The molecule has 0 N–H and O–H groups in total. The molecule has 16 heavy (non-hydrogen) atoms. The number of benzene rings is 1. The molecule has 0 radical (unpaired) electrons. The van der Waals surface area contributed by atoms with Gasteiger partial charge in [-0.15, -0.1) is 8.78 Å². The van der Waals surface area contributed by atoms with Gasteiger partial charge in [-0.2, -0.15) is 5.26 Å². The number of rotatable bonds is 1. The van der Waals surface area contributed by atoms with Gasteiger partial charge in [-0.3, -0.25) is 0 Å². The lowest BCUT2D eigenvalue weighted by Gasteiger charge is -2.05. The third-order valence-electron chi connectivity index (χ3n) is 1.84. The number of allylic oxidation sites excluding steroid dienone is 1. The van der Waals surface area contributed by atoms with E-state index in [1.165, 1.54) is 18.2 Å². The highest BCUT2D eigenvalue weighted by Gasteiger charge is 2.44. The van der Waals surface area contributed by atoms with Crippen molar-refractivity contribution in [2.45, 2.75) is 6.29 Å². The van der Waals surface area contributed by atoms with Gasteiger partial charge in [0.25, 0.3) is 0 Å². The number of hydrogen-bond acceptors (Lipinski definition) is 3. The molecule has 1 aromatic rings. The zero-order chi connectivity index (χ0) is 11.8. The number of hydrogen-bond donors (Lipinski definition) is 0. The van der Waals surface area contributed by atoms with E-state index in [2.05, 4.69) is 9.47 Å². The number of alkyl halides is 2. The maximum absolute atomic E-state index is 12.8. The standard InChI is InChI=1S/C10H4F2INO2/c11-10(12)15-8-5-7(13)4-6(2-1-3-14)9(8)16-10/h1-2,4-5H. The second kappa shape index (κ2) is 3.90. The van der Waals surface area contributed by atoms with Crippen molar-refractivity contribution in [2.75, 3.05) is 0 Å². The summed E-state index contributed by atoms with van der Waals surface area (Å²) in [6.45, 7) is 0. The fourth-order valence-electron chi connectivity index (χ4n) is 1.29. The zero-order valence-electron chi connectivity index (χ0n) is 7.71. The largest absolute Gasteiger partial charge is 0.586 e. The Hall–Kier alpha value is -1.36. The van der Waals surface area contributed by atoms with Gasteiger partial charge < -0.3 is 9.47 Å². The van der Waals surface area contributed by atoms with Gasteiger partial charge in [-0.1, -0.05) is 0 Å². The molecule has 2 rings (SSSR count). The maximum Gasteiger partial charge on any atom is 0.586 e. The third kappa shape index (κ3) is 2.09. The van der Waals surface area contributed by atoms with Crippen LogP contribution in [0.3, 0.4) is 0 Å². The lowest BCUT2D eigenvalue weighted by Crippen LogP contribution is -2.26. The monoisotopic (exact) mass is 335 g/mol. The zero-order valence-corrected chi connectivity index (χ0v) is 9.86. The van der Waals surface area contributed by atoms with Gasteiger partial charge in [0.15, 0.2) is 11.5 Å². The average molecular weight is 335 g/mol. The molecule has 1 aliphatic rings. The van der Waals surface area contributed by atoms with Crippen molar-refractivity contribution >= 4 is 28.7 Å². The fraction of sp³-hybridized carbons (Fsp3) is 0.100. The van der Waals surface area contributed by atoms with Crippen molar-refractivity contribution < 1.29 is 18.3 Å². The van der Waals surface area contributed by atoms with E-state index >= 15 is 0 Å². The van der Waals surface area contributed by atoms with Gasteiger partial charge in [0, 0.05) is 15.2 Å². The van der Waals surface area contributed by atoms with Crippen LogP contribution >= 0.6 is 22.6 Å². The first-order valence-electron chi connectivity index (χ1n) is 4.17. The summed E-state index contributed by atoms with van der Waals surface area (Å²) in [5, 5.41) is 8.39. The van der Waals surface area contributed by atoms with E-state index in [4.69, 9.17) is 5.26 Å². The van der Waals surface area contributed by atoms with Crippen molar-refractivity contribution in [3.05, 3.63) is 27.3 Å². The van der Waals surface area contributed by atoms with Gasteiger partial charge in [0.05, 0.1) is 6.07 Å². The Labute approximate surface area is 103 Å². The first-order valence-corrected chi connectivity index (χ1v) is 5.25. The summed E-state index contributed by atoms with van der Waals surface area (Å²) in [7, 11) is 0. The maximum atomic E-state index is 12.8. The molecule has 1 aliphatic heterocycles. The van der Waals surface area contributed by atoms with Gasteiger partial charge >= 0.3 is 6.29 Å². The second-order valence-corrected chi connectivity index (χ2v) is 4.20. The summed E-state index contributed by atoms with van der Waals surface area (Å²) in [6, 6.07) is 4.85. The van der Waals surface area contributed by atoms with Gasteiger partial charge in [-0.25, -0.2) is 0 Å². The Balaban J connectivity index is 2.50. The Morgan fingerprint density at radius 1 is 1.38 bits per heavy atom. The lowest BCUT2D eigenvalue weighted by molar-refractivity contribution is -0.286. The van der Waals surface area contributed by atoms with Crippen LogP contribution in [0.15, 0.2) is 18.2 Å². The molecule has 0 spiro atoms. The van der Waals surface area contributed by atoms with Crippen LogP contribution in [0.1, 0.15) is 5.56 Å². The van der Waals surface area contributed by atoms with E-state index in [-0.39, 0.29) is 11.5 Å². The van der Waals surface area contributed by atoms with E-state index in [9.17, 15) is 8.78 Å². The molecule has 0 saturated heterocycles. The van der Waals surface area contributed by atoms with Crippen molar-refractivity contribution in [2.24, 2.45) is 0 Å². The minimum absolute atomic E-state index is 0.0190. The fourth-order valence-corrected chi connectivity index (χ4v) is 1.91. The molecular formula is C10H4F2INO2. The number of nitrogens with zero attached hydrogens (tertiary/aromatic N) is 1. The van der Waals surface area contributed by atoms with E-state index < -0.39 is 6.29 Å². The molecule has 0 amide bonds. The molecule has 0 unspecified atom stereocenters. The Morgan fingerprint density at radius 3 is 2.81 bits per heavy atom. The molecule has 0 bridgehead atoms. The number of ether oxygens (including phenoxy) is 2. The van der Waals surface area contributed by atoms with Crippen LogP contribution in [-0.4, -0.2) is 6.29 Å². The number of fused-ring (bicyclic) bond motifs is 1. The van der Waals surface area contributed by atoms with Crippen molar-refractivity contribution in [3.63, 3.8) is 0 Å².